The Hall–Kier alpha value is -0.930. The van der Waals surface area contributed by atoms with E-state index >= 15 is 0 Å². The molecule has 0 bridgehead atoms. The van der Waals surface area contributed by atoms with Crippen LogP contribution in [0.25, 0.3) is 0 Å². The quantitative estimate of drug-likeness (QED) is 0.868. The van der Waals surface area contributed by atoms with Crippen LogP contribution in [0.3, 0.4) is 0 Å². The monoisotopic (exact) mass is 298 g/mol. The summed E-state index contributed by atoms with van der Waals surface area (Å²) in [5, 5.41) is 10.3. The van der Waals surface area contributed by atoms with Gasteiger partial charge in [0.15, 0.2) is 0 Å². The Balaban J connectivity index is 0.00000200. The van der Waals surface area contributed by atoms with Gasteiger partial charge in [0.1, 0.15) is 5.75 Å². The molecule has 1 aliphatic carbocycles. The first-order valence-electron chi connectivity index (χ1n) is 7.50. The van der Waals surface area contributed by atoms with Gasteiger partial charge in [0.25, 0.3) is 0 Å². The molecule has 0 unspecified atom stereocenters. The molecule has 1 saturated carbocycles. The highest BCUT2D eigenvalue weighted by Crippen LogP contribution is 2.38. The van der Waals surface area contributed by atoms with Gasteiger partial charge in [-0.1, -0.05) is 18.9 Å². The molecule has 0 amide bonds. The smallest absolute Gasteiger partial charge is 0.122 e. The fourth-order valence-corrected chi connectivity index (χ4v) is 3.17. The molecule has 1 aromatic carbocycles. The van der Waals surface area contributed by atoms with Crippen molar-refractivity contribution in [1.29, 1.82) is 0 Å². The lowest BCUT2D eigenvalue weighted by Gasteiger charge is -2.24. The van der Waals surface area contributed by atoms with Crippen LogP contribution in [0.1, 0.15) is 51.1 Å². The minimum absolute atomic E-state index is 0. The van der Waals surface area contributed by atoms with E-state index in [2.05, 4.69) is 24.8 Å². The number of anilines is 1. The highest BCUT2D eigenvalue weighted by molar-refractivity contribution is 5.85. The lowest BCUT2D eigenvalue weighted by atomic mass is 9.91. The average molecular weight is 299 g/mol. The molecule has 1 fully saturated rings. The van der Waals surface area contributed by atoms with Crippen LogP contribution in [0.2, 0.25) is 0 Å². The number of rotatable bonds is 5. The molecule has 4 heteroatoms. The second kappa shape index (κ2) is 7.75. The molecular formula is C16H27ClN2O. The Morgan fingerprint density at radius 3 is 2.35 bits per heavy atom. The standard InChI is InChI=1S/C16H26N2O.ClH/c1-3-18(4-2)13-9-10-14(15(19)11-13)16(17)12-7-5-6-8-12;/h9-12,16,19H,3-8,17H2,1-2H3;1H/t16-;/m0./s1. The number of nitrogens with zero attached hydrogens (tertiary/aromatic N) is 1. The van der Waals surface area contributed by atoms with Gasteiger partial charge in [0, 0.05) is 36.4 Å². The maximum Gasteiger partial charge on any atom is 0.122 e. The van der Waals surface area contributed by atoms with E-state index in [0.29, 0.717) is 11.7 Å². The van der Waals surface area contributed by atoms with E-state index in [-0.39, 0.29) is 18.4 Å². The minimum Gasteiger partial charge on any atom is -0.508 e. The van der Waals surface area contributed by atoms with E-state index in [9.17, 15) is 5.11 Å². The number of halogens is 1. The molecule has 2 rings (SSSR count). The van der Waals surface area contributed by atoms with Crippen molar-refractivity contribution in [3.8, 4) is 5.75 Å². The first-order valence-corrected chi connectivity index (χ1v) is 7.50. The van der Waals surface area contributed by atoms with Gasteiger partial charge in [-0.2, -0.15) is 0 Å². The third-order valence-corrected chi connectivity index (χ3v) is 4.41. The van der Waals surface area contributed by atoms with Gasteiger partial charge in [0.2, 0.25) is 0 Å². The number of phenolic OH excluding ortho intramolecular Hbond substituents is 1. The summed E-state index contributed by atoms with van der Waals surface area (Å²) in [6.07, 6.45) is 4.93. The molecule has 0 saturated heterocycles. The summed E-state index contributed by atoms with van der Waals surface area (Å²) in [7, 11) is 0. The first kappa shape index (κ1) is 17.1. The highest BCUT2D eigenvalue weighted by Gasteiger charge is 2.25. The van der Waals surface area contributed by atoms with Gasteiger partial charge >= 0.3 is 0 Å². The first-order chi connectivity index (χ1) is 9.17. The molecule has 0 aliphatic heterocycles. The van der Waals surface area contributed by atoms with Crippen molar-refractivity contribution in [1.82, 2.24) is 0 Å². The van der Waals surface area contributed by atoms with Crippen molar-refractivity contribution in [2.75, 3.05) is 18.0 Å². The van der Waals surface area contributed by atoms with Crippen LogP contribution in [0.15, 0.2) is 18.2 Å². The maximum atomic E-state index is 10.3. The molecule has 0 aromatic heterocycles. The zero-order valence-corrected chi connectivity index (χ0v) is 13.3. The normalized spacial score (nSPS) is 16.8. The third-order valence-electron chi connectivity index (χ3n) is 4.41. The molecule has 1 aliphatic rings. The molecule has 20 heavy (non-hydrogen) atoms. The van der Waals surface area contributed by atoms with Gasteiger partial charge < -0.3 is 15.7 Å². The molecule has 3 nitrogen and oxygen atoms in total. The SMILES string of the molecule is CCN(CC)c1ccc([C@@H](N)C2CCCC2)c(O)c1.Cl. The molecule has 1 atom stereocenters. The summed E-state index contributed by atoms with van der Waals surface area (Å²) in [5.41, 5.74) is 8.30. The van der Waals surface area contributed by atoms with E-state index in [1.165, 1.54) is 25.7 Å². The van der Waals surface area contributed by atoms with Crippen molar-refractivity contribution >= 4 is 18.1 Å². The van der Waals surface area contributed by atoms with Gasteiger partial charge in [-0.25, -0.2) is 0 Å². The zero-order valence-electron chi connectivity index (χ0n) is 12.5. The number of phenols is 1. The Bertz CT molecular complexity index is 415. The fourth-order valence-electron chi connectivity index (χ4n) is 3.17. The fraction of sp³-hybridized carbons (Fsp3) is 0.625. The Kier molecular flexibility index (Phi) is 6.63. The van der Waals surface area contributed by atoms with Gasteiger partial charge in [0.05, 0.1) is 0 Å². The Morgan fingerprint density at radius 1 is 1.25 bits per heavy atom. The van der Waals surface area contributed by atoms with E-state index in [4.69, 9.17) is 5.73 Å². The third kappa shape index (κ3) is 3.58. The predicted octanol–water partition coefficient (Wildman–Crippen LogP) is 3.85. The summed E-state index contributed by atoms with van der Waals surface area (Å²) in [6.45, 7) is 6.14. The van der Waals surface area contributed by atoms with Gasteiger partial charge in [-0.3, -0.25) is 0 Å². The topological polar surface area (TPSA) is 49.5 Å². The zero-order chi connectivity index (χ0) is 13.8. The van der Waals surface area contributed by atoms with E-state index in [1.54, 1.807) is 0 Å². The largest absolute Gasteiger partial charge is 0.508 e. The molecule has 0 heterocycles. The number of aromatic hydroxyl groups is 1. The maximum absolute atomic E-state index is 10.3. The van der Waals surface area contributed by atoms with Gasteiger partial charge in [-0.15, -0.1) is 12.4 Å². The summed E-state index contributed by atoms with van der Waals surface area (Å²) < 4.78 is 0. The second-order valence-corrected chi connectivity index (χ2v) is 5.49. The van der Waals surface area contributed by atoms with Crippen LogP contribution >= 0.6 is 12.4 Å². The summed E-state index contributed by atoms with van der Waals surface area (Å²) in [4.78, 5) is 2.23. The van der Waals surface area contributed by atoms with Gasteiger partial charge in [-0.05, 0) is 38.7 Å². The number of hydrogen-bond donors (Lipinski definition) is 2. The van der Waals surface area contributed by atoms with Crippen molar-refractivity contribution in [2.45, 2.75) is 45.6 Å². The molecule has 1 aromatic rings. The van der Waals surface area contributed by atoms with Crippen molar-refractivity contribution in [3.63, 3.8) is 0 Å². The van der Waals surface area contributed by atoms with Crippen LogP contribution in [0.5, 0.6) is 5.75 Å². The summed E-state index contributed by atoms with van der Waals surface area (Å²) >= 11 is 0. The van der Waals surface area contributed by atoms with Crippen molar-refractivity contribution in [2.24, 2.45) is 11.7 Å². The van der Waals surface area contributed by atoms with Crippen molar-refractivity contribution < 1.29 is 5.11 Å². The van der Waals surface area contributed by atoms with Crippen LogP contribution in [-0.4, -0.2) is 18.2 Å². The lowest BCUT2D eigenvalue weighted by Crippen LogP contribution is -2.22. The van der Waals surface area contributed by atoms with E-state index in [0.717, 1.165) is 24.3 Å². The summed E-state index contributed by atoms with van der Waals surface area (Å²) in [5.74, 6) is 0.883. The highest BCUT2D eigenvalue weighted by atomic mass is 35.5. The van der Waals surface area contributed by atoms with Crippen LogP contribution < -0.4 is 10.6 Å². The molecule has 0 spiro atoms. The minimum atomic E-state index is -0.0201. The predicted molar refractivity (Wildman–Crippen MR) is 87.8 cm³/mol. The number of benzene rings is 1. The Labute approximate surface area is 128 Å². The van der Waals surface area contributed by atoms with Crippen LogP contribution in [-0.2, 0) is 0 Å². The number of nitrogens with two attached hydrogens (primary N) is 1. The second-order valence-electron chi connectivity index (χ2n) is 5.49. The number of hydrogen-bond acceptors (Lipinski definition) is 3. The van der Waals surface area contributed by atoms with Crippen LogP contribution in [0.4, 0.5) is 5.69 Å². The Morgan fingerprint density at radius 2 is 1.85 bits per heavy atom. The molecule has 0 radical (unpaired) electrons. The molecule has 3 N–H and O–H groups in total. The van der Waals surface area contributed by atoms with Crippen molar-refractivity contribution in [3.05, 3.63) is 23.8 Å². The molecule has 114 valence electrons. The van der Waals surface area contributed by atoms with E-state index < -0.39 is 0 Å². The van der Waals surface area contributed by atoms with E-state index in [1.807, 2.05) is 12.1 Å². The average Bonchev–Trinajstić information content (AvgIpc) is 2.93. The summed E-state index contributed by atoms with van der Waals surface area (Å²) in [6, 6.07) is 5.92. The molecular weight excluding hydrogens is 272 g/mol. The lowest BCUT2D eigenvalue weighted by molar-refractivity contribution is 0.412. The van der Waals surface area contributed by atoms with Crippen LogP contribution in [0, 0.1) is 5.92 Å².